The van der Waals surface area contributed by atoms with Crippen LogP contribution in [0.15, 0.2) is 72.9 Å². The minimum atomic E-state index is -3.15. The van der Waals surface area contributed by atoms with E-state index in [1.54, 1.807) is 6.08 Å². The molecule has 0 atom stereocenters. The van der Waals surface area contributed by atoms with Crippen molar-refractivity contribution in [2.75, 3.05) is 0 Å². The number of hydrogen-bond acceptors (Lipinski definition) is 1. The van der Waals surface area contributed by atoms with Crippen LogP contribution in [0.5, 0.6) is 0 Å². The second kappa shape index (κ2) is 19.0. The second-order valence-corrected chi connectivity index (χ2v) is 4.85. The summed E-state index contributed by atoms with van der Waals surface area (Å²) in [6.07, 6.45) is 20.3. The number of allylic oxidation sites excluding steroid dienone is 12. The number of rotatable bonds is 14. The fraction of sp³-hybridized carbons (Fsp3) is 0.409. The van der Waals surface area contributed by atoms with E-state index < -0.39 is 24.8 Å². The van der Waals surface area contributed by atoms with Crippen molar-refractivity contribution in [2.45, 2.75) is 58.2 Å². The van der Waals surface area contributed by atoms with E-state index in [1.165, 1.54) is 6.08 Å². The lowest BCUT2D eigenvalue weighted by Gasteiger charge is -1.87. The van der Waals surface area contributed by atoms with Gasteiger partial charge >= 0.3 is 5.97 Å². The van der Waals surface area contributed by atoms with Gasteiger partial charge in [-0.15, -0.1) is 0 Å². The van der Waals surface area contributed by atoms with E-state index in [0.29, 0.717) is 6.42 Å². The molecule has 0 saturated carbocycles. The number of hydrogen-bond donors (Lipinski definition) is 1. The Morgan fingerprint density at radius 2 is 1.17 bits per heavy atom. The van der Waals surface area contributed by atoms with Gasteiger partial charge < -0.3 is 5.11 Å². The smallest absolute Gasteiger partial charge is 0.303 e. The van der Waals surface area contributed by atoms with Gasteiger partial charge in [-0.25, -0.2) is 0 Å². The zero-order chi connectivity index (χ0) is 22.2. The van der Waals surface area contributed by atoms with E-state index in [2.05, 4.69) is 43.4 Å². The zero-order valence-corrected chi connectivity index (χ0v) is 14.4. The monoisotopic (exact) mass is 333 g/mol. The lowest BCUT2D eigenvalue weighted by atomic mass is 10.2. The van der Waals surface area contributed by atoms with Crippen molar-refractivity contribution < 1.29 is 16.8 Å². The SMILES string of the molecule is [2H]/C(=C/CC=CCC=CCC=CCC=CCC=CCC)C([2H])([2H])C([2H])([2H])C(=O)O. The molecule has 0 unspecified atom stereocenters. The fourth-order valence-corrected chi connectivity index (χ4v) is 1.61. The zero-order valence-electron chi connectivity index (χ0n) is 19.4. The molecule has 0 radical (unpaired) electrons. The molecular formula is C22H32O2. The van der Waals surface area contributed by atoms with Crippen LogP contribution in [-0.4, -0.2) is 11.1 Å². The average molecular weight is 334 g/mol. The van der Waals surface area contributed by atoms with Gasteiger partial charge in [0.15, 0.2) is 0 Å². The Hall–Kier alpha value is -2.09. The molecule has 132 valence electrons. The molecule has 0 aliphatic rings. The summed E-state index contributed by atoms with van der Waals surface area (Å²) >= 11 is 0. The summed E-state index contributed by atoms with van der Waals surface area (Å²) in [7, 11) is 0. The highest BCUT2D eigenvalue weighted by atomic mass is 16.4. The number of aliphatic carboxylic acids is 1. The van der Waals surface area contributed by atoms with Crippen molar-refractivity contribution in [1.29, 1.82) is 0 Å². The summed E-state index contributed by atoms with van der Waals surface area (Å²) in [5.74, 6) is -1.92. The quantitative estimate of drug-likeness (QED) is 0.366. The van der Waals surface area contributed by atoms with E-state index in [1.807, 2.05) is 18.2 Å². The molecule has 0 amide bonds. The third kappa shape index (κ3) is 19.9. The lowest BCUT2D eigenvalue weighted by molar-refractivity contribution is -0.136. The summed E-state index contributed by atoms with van der Waals surface area (Å²) in [5.41, 5.74) is 0. The molecule has 2 nitrogen and oxygen atoms in total. The summed E-state index contributed by atoms with van der Waals surface area (Å²) < 4.78 is 37.4. The van der Waals surface area contributed by atoms with Gasteiger partial charge in [0.05, 0.1) is 1.37 Å². The minimum Gasteiger partial charge on any atom is -0.481 e. The third-order valence-electron chi connectivity index (χ3n) is 2.76. The molecule has 0 aromatic rings. The van der Waals surface area contributed by atoms with Crippen LogP contribution >= 0.6 is 0 Å². The van der Waals surface area contributed by atoms with Crippen LogP contribution in [0.3, 0.4) is 0 Å². The Morgan fingerprint density at radius 1 is 0.792 bits per heavy atom. The maximum atomic E-state index is 10.8. The lowest BCUT2D eigenvalue weighted by Crippen LogP contribution is -1.91. The second-order valence-electron chi connectivity index (χ2n) is 4.85. The molecule has 0 aromatic heterocycles. The molecule has 0 fully saturated rings. The highest BCUT2D eigenvalue weighted by molar-refractivity contribution is 5.66. The molecule has 1 N–H and O–H groups in total. The predicted octanol–water partition coefficient (Wildman–Crippen LogP) is 6.55. The molecule has 0 aliphatic carbocycles. The van der Waals surface area contributed by atoms with Crippen LogP contribution in [-0.2, 0) is 4.79 Å². The molecule has 0 saturated heterocycles. The van der Waals surface area contributed by atoms with E-state index in [0.717, 1.165) is 25.7 Å². The van der Waals surface area contributed by atoms with Gasteiger partial charge in [0.1, 0.15) is 0 Å². The highest BCUT2D eigenvalue weighted by Gasteiger charge is 1.90. The van der Waals surface area contributed by atoms with E-state index in [4.69, 9.17) is 12.0 Å². The van der Waals surface area contributed by atoms with Crippen LogP contribution in [0.1, 0.15) is 65.0 Å². The van der Waals surface area contributed by atoms with Crippen molar-refractivity contribution in [3.8, 4) is 0 Å². The van der Waals surface area contributed by atoms with Crippen LogP contribution in [0.4, 0.5) is 0 Å². The number of carbonyl (C=O) groups is 1. The molecule has 0 bridgehead atoms. The van der Waals surface area contributed by atoms with Crippen LogP contribution in [0.2, 0.25) is 0 Å². The topological polar surface area (TPSA) is 37.3 Å². The van der Waals surface area contributed by atoms with Crippen molar-refractivity contribution in [2.24, 2.45) is 0 Å². The van der Waals surface area contributed by atoms with Gasteiger partial charge in [-0.3, -0.25) is 4.79 Å². The summed E-state index contributed by atoms with van der Waals surface area (Å²) in [5, 5.41) is 8.78. The largest absolute Gasteiger partial charge is 0.481 e. The maximum Gasteiger partial charge on any atom is 0.303 e. The first-order valence-electron chi connectivity index (χ1n) is 10.8. The Morgan fingerprint density at radius 3 is 1.54 bits per heavy atom. The van der Waals surface area contributed by atoms with Crippen molar-refractivity contribution >= 4 is 5.97 Å². The van der Waals surface area contributed by atoms with Gasteiger partial charge in [0.2, 0.25) is 0 Å². The molecule has 0 aromatic carbocycles. The van der Waals surface area contributed by atoms with Crippen molar-refractivity contribution in [3.63, 3.8) is 0 Å². The van der Waals surface area contributed by atoms with Gasteiger partial charge in [-0.05, 0) is 44.9 Å². The van der Waals surface area contributed by atoms with Gasteiger partial charge in [-0.2, -0.15) is 0 Å². The molecule has 0 spiro atoms. The molecule has 2 heteroatoms. The summed E-state index contributed by atoms with van der Waals surface area (Å²) in [6.45, 7) is 2.12. The highest BCUT2D eigenvalue weighted by Crippen LogP contribution is 1.97. The predicted molar refractivity (Wildman–Crippen MR) is 105 cm³/mol. The van der Waals surface area contributed by atoms with Gasteiger partial charge in [0, 0.05) is 11.9 Å². The first-order chi connectivity index (χ1) is 13.7. The number of carboxylic acid groups (broad SMARTS) is 1. The van der Waals surface area contributed by atoms with E-state index >= 15 is 0 Å². The Kier molecular flexibility index (Phi) is 11.3. The van der Waals surface area contributed by atoms with Crippen LogP contribution < -0.4 is 0 Å². The first kappa shape index (κ1) is 14.3. The minimum absolute atomic E-state index is 0.238. The molecule has 24 heavy (non-hydrogen) atoms. The fourth-order valence-electron chi connectivity index (χ4n) is 1.61. The molecular weight excluding hydrogens is 296 g/mol. The molecule has 0 rings (SSSR count). The molecule has 0 heterocycles. The first-order valence-corrected chi connectivity index (χ1v) is 8.33. The standard InChI is InChI=1S/C22H32O2/c1-2-3-4-5-6-7-8-9-10-11-12-13-14-15-16-17-18-19-20-21-22(23)24/h3-4,6-7,9-10,12-13,15-16,18-19H,2,5,8,11,14,17,20-21H2,1H3,(H,23,24)/b4-3?,7-6?,10-9?,13-12?,16-15?,19-18-/i19D,20D2,21D2. The van der Waals surface area contributed by atoms with Crippen LogP contribution in [0, 0.1) is 0 Å². The Bertz CT molecular complexity index is 656. The van der Waals surface area contributed by atoms with Crippen molar-refractivity contribution in [3.05, 3.63) is 72.9 Å². The van der Waals surface area contributed by atoms with E-state index in [-0.39, 0.29) is 6.42 Å². The Labute approximate surface area is 154 Å². The maximum absolute atomic E-state index is 10.8. The third-order valence-corrected chi connectivity index (χ3v) is 2.76. The average Bonchev–Trinajstić information content (AvgIpc) is 2.67. The number of carboxylic acids is 1. The Balaban J connectivity index is 4.15. The van der Waals surface area contributed by atoms with E-state index in [9.17, 15) is 4.79 Å². The van der Waals surface area contributed by atoms with Crippen molar-refractivity contribution in [1.82, 2.24) is 0 Å². The van der Waals surface area contributed by atoms with Crippen LogP contribution in [0.25, 0.3) is 0 Å². The van der Waals surface area contributed by atoms with Gasteiger partial charge in [0.25, 0.3) is 0 Å². The van der Waals surface area contributed by atoms with Gasteiger partial charge in [-0.1, -0.05) is 79.8 Å². The normalized spacial score (nSPS) is 17.7. The molecule has 0 aliphatic heterocycles. The summed E-state index contributed by atoms with van der Waals surface area (Å²) in [6, 6.07) is -0.675. The summed E-state index contributed by atoms with van der Waals surface area (Å²) in [4.78, 5) is 10.8.